The number of nitrogens with one attached hydrogen (secondary N) is 2. The highest BCUT2D eigenvalue weighted by Crippen LogP contribution is 2.21. The molecule has 0 spiro atoms. The van der Waals surface area contributed by atoms with Crippen molar-refractivity contribution in [3.8, 4) is 0 Å². The third kappa shape index (κ3) is 4.94. The summed E-state index contributed by atoms with van der Waals surface area (Å²) < 4.78 is 26.8. The number of hydrogen-bond donors (Lipinski definition) is 3. The van der Waals surface area contributed by atoms with Crippen LogP contribution in [0.3, 0.4) is 0 Å². The first-order valence-corrected chi connectivity index (χ1v) is 7.49. The standard InChI is InChI=1S/C16H24F2N2O2/c1-4-14(12-7-6-11(17)10-13(12)18)19-15(22)20-16(3,5-2)8-9-21/h6-7,10,14,21H,4-5,8-9H2,1-3H3,(H2,19,20,22). The molecule has 1 aromatic rings. The lowest BCUT2D eigenvalue weighted by molar-refractivity contribution is 0.198. The van der Waals surface area contributed by atoms with Gasteiger partial charge in [-0.25, -0.2) is 13.6 Å². The van der Waals surface area contributed by atoms with Crippen LogP contribution in [0.5, 0.6) is 0 Å². The molecule has 0 aromatic heterocycles. The van der Waals surface area contributed by atoms with E-state index in [1.807, 2.05) is 13.8 Å². The summed E-state index contributed by atoms with van der Waals surface area (Å²) in [7, 11) is 0. The Morgan fingerprint density at radius 2 is 2.05 bits per heavy atom. The number of halogens is 2. The van der Waals surface area contributed by atoms with Crippen molar-refractivity contribution in [2.24, 2.45) is 0 Å². The molecule has 124 valence electrons. The Bertz CT molecular complexity index is 511. The van der Waals surface area contributed by atoms with Crippen LogP contribution < -0.4 is 10.6 Å². The lowest BCUT2D eigenvalue weighted by Crippen LogP contribution is -2.51. The minimum Gasteiger partial charge on any atom is -0.396 e. The molecular formula is C16H24F2N2O2. The van der Waals surface area contributed by atoms with Gasteiger partial charge in [-0.15, -0.1) is 0 Å². The smallest absolute Gasteiger partial charge is 0.315 e. The second kappa shape index (κ2) is 8.08. The van der Waals surface area contributed by atoms with E-state index in [9.17, 15) is 13.6 Å². The van der Waals surface area contributed by atoms with Crippen molar-refractivity contribution in [2.75, 3.05) is 6.61 Å². The summed E-state index contributed by atoms with van der Waals surface area (Å²) in [4.78, 5) is 12.1. The van der Waals surface area contributed by atoms with Gasteiger partial charge in [-0.3, -0.25) is 0 Å². The molecule has 0 radical (unpaired) electrons. The number of carbonyl (C=O) groups is 1. The number of benzene rings is 1. The summed E-state index contributed by atoms with van der Waals surface area (Å²) in [6.45, 7) is 5.52. The molecule has 0 fully saturated rings. The highest BCUT2D eigenvalue weighted by molar-refractivity contribution is 5.75. The number of carbonyl (C=O) groups excluding carboxylic acids is 1. The predicted molar refractivity (Wildman–Crippen MR) is 81.5 cm³/mol. The Labute approximate surface area is 129 Å². The number of hydrogen-bond acceptors (Lipinski definition) is 2. The largest absolute Gasteiger partial charge is 0.396 e. The molecule has 1 aromatic carbocycles. The lowest BCUT2D eigenvalue weighted by Gasteiger charge is -2.30. The zero-order chi connectivity index (χ0) is 16.8. The van der Waals surface area contributed by atoms with Gasteiger partial charge in [0.1, 0.15) is 11.6 Å². The van der Waals surface area contributed by atoms with Crippen molar-refractivity contribution in [2.45, 2.75) is 51.6 Å². The third-order valence-electron chi connectivity index (χ3n) is 3.91. The molecule has 0 aliphatic carbocycles. The Balaban J connectivity index is 2.79. The highest BCUT2D eigenvalue weighted by Gasteiger charge is 2.25. The lowest BCUT2D eigenvalue weighted by atomic mass is 9.95. The van der Waals surface area contributed by atoms with Gasteiger partial charge < -0.3 is 15.7 Å². The van der Waals surface area contributed by atoms with E-state index >= 15 is 0 Å². The molecule has 0 bridgehead atoms. The maximum absolute atomic E-state index is 13.8. The van der Waals surface area contributed by atoms with Gasteiger partial charge in [0, 0.05) is 23.8 Å². The Hall–Kier alpha value is -1.69. The summed E-state index contributed by atoms with van der Waals surface area (Å²) in [5.74, 6) is -1.33. The van der Waals surface area contributed by atoms with Gasteiger partial charge in [-0.05, 0) is 32.3 Å². The van der Waals surface area contributed by atoms with Crippen LogP contribution in [0, 0.1) is 11.6 Å². The fourth-order valence-electron chi connectivity index (χ4n) is 2.23. The summed E-state index contributed by atoms with van der Waals surface area (Å²) in [5.41, 5.74) is -0.280. The van der Waals surface area contributed by atoms with Crippen molar-refractivity contribution in [3.05, 3.63) is 35.4 Å². The summed E-state index contributed by atoms with van der Waals surface area (Å²) >= 11 is 0. The second-order valence-corrected chi connectivity index (χ2v) is 5.61. The van der Waals surface area contributed by atoms with Crippen molar-refractivity contribution in [1.82, 2.24) is 10.6 Å². The quantitative estimate of drug-likeness (QED) is 0.723. The predicted octanol–water partition coefficient (Wildman–Crippen LogP) is 3.27. The molecule has 6 heteroatoms. The van der Waals surface area contributed by atoms with Crippen molar-refractivity contribution in [1.29, 1.82) is 0 Å². The molecule has 2 atom stereocenters. The van der Waals surface area contributed by atoms with Crippen LogP contribution in [0.2, 0.25) is 0 Å². The molecule has 22 heavy (non-hydrogen) atoms. The van der Waals surface area contributed by atoms with Gasteiger partial charge in [0.05, 0.1) is 6.04 Å². The zero-order valence-corrected chi connectivity index (χ0v) is 13.2. The van der Waals surface area contributed by atoms with Crippen LogP contribution in [0.4, 0.5) is 13.6 Å². The van der Waals surface area contributed by atoms with Gasteiger partial charge in [-0.1, -0.05) is 19.9 Å². The van der Waals surface area contributed by atoms with Gasteiger partial charge in [0.15, 0.2) is 0 Å². The number of rotatable bonds is 7. The van der Waals surface area contributed by atoms with E-state index in [1.54, 1.807) is 6.92 Å². The van der Waals surface area contributed by atoms with Gasteiger partial charge in [0.2, 0.25) is 0 Å². The van der Waals surface area contributed by atoms with Gasteiger partial charge >= 0.3 is 6.03 Å². The molecule has 0 heterocycles. The van der Waals surface area contributed by atoms with Crippen LogP contribution in [0.25, 0.3) is 0 Å². The number of aliphatic hydroxyl groups excluding tert-OH is 1. The normalized spacial score (nSPS) is 15.0. The van der Waals surface area contributed by atoms with Gasteiger partial charge in [0.25, 0.3) is 0 Å². The molecular weight excluding hydrogens is 290 g/mol. The SMILES string of the molecule is CCC(NC(=O)NC(C)(CC)CCO)c1ccc(F)cc1F. The second-order valence-electron chi connectivity index (χ2n) is 5.61. The third-order valence-corrected chi connectivity index (χ3v) is 3.91. The summed E-state index contributed by atoms with van der Waals surface area (Å²) in [6.07, 6.45) is 1.56. The number of amides is 2. The first-order valence-electron chi connectivity index (χ1n) is 7.49. The van der Waals surface area contributed by atoms with E-state index in [0.717, 1.165) is 6.07 Å². The molecule has 0 saturated heterocycles. The van der Waals surface area contributed by atoms with E-state index in [0.29, 0.717) is 19.3 Å². The molecule has 4 nitrogen and oxygen atoms in total. The molecule has 1 rings (SSSR count). The van der Waals surface area contributed by atoms with E-state index < -0.39 is 29.2 Å². The average molecular weight is 314 g/mol. The molecule has 0 aliphatic rings. The Morgan fingerprint density at radius 3 is 2.55 bits per heavy atom. The molecule has 0 saturated carbocycles. The Kier molecular flexibility index (Phi) is 6.74. The molecule has 0 aliphatic heterocycles. The Morgan fingerprint density at radius 1 is 1.36 bits per heavy atom. The highest BCUT2D eigenvalue weighted by atomic mass is 19.1. The minimum absolute atomic E-state index is 0.0333. The van der Waals surface area contributed by atoms with Crippen LogP contribution >= 0.6 is 0 Å². The summed E-state index contributed by atoms with van der Waals surface area (Å²) in [5, 5.41) is 14.6. The fraction of sp³-hybridized carbons (Fsp3) is 0.562. The molecule has 2 amide bonds. The van der Waals surface area contributed by atoms with Crippen LogP contribution in [-0.4, -0.2) is 23.3 Å². The minimum atomic E-state index is -0.680. The fourth-order valence-corrected chi connectivity index (χ4v) is 2.23. The molecule has 2 unspecified atom stereocenters. The first kappa shape index (κ1) is 18.4. The van der Waals surface area contributed by atoms with Gasteiger partial charge in [-0.2, -0.15) is 0 Å². The van der Waals surface area contributed by atoms with E-state index in [1.165, 1.54) is 12.1 Å². The van der Waals surface area contributed by atoms with E-state index in [4.69, 9.17) is 5.11 Å². The maximum Gasteiger partial charge on any atom is 0.315 e. The zero-order valence-electron chi connectivity index (χ0n) is 13.2. The maximum atomic E-state index is 13.8. The van der Waals surface area contributed by atoms with E-state index in [2.05, 4.69) is 10.6 Å². The monoisotopic (exact) mass is 314 g/mol. The van der Waals surface area contributed by atoms with Crippen molar-refractivity contribution < 1.29 is 18.7 Å². The number of urea groups is 1. The van der Waals surface area contributed by atoms with Crippen LogP contribution in [0.1, 0.15) is 51.6 Å². The topological polar surface area (TPSA) is 61.4 Å². The van der Waals surface area contributed by atoms with Crippen molar-refractivity contribution in [3.63, 3.8) is 0 Å². The van der Waals surface area contributed by atoms with Crippen molar-refractivity contribution >= 4 is 6.03 Å². The first-order chi connectivity index (χ1) is 10.3. The molecule has 3 N–H and O–H groups in total. The van der Waals surface area contributed by atoms with Crippen LogP contribution in [0.15, 0.2) is 18.2 Å². The summed E-state index contributed by atoms with van der Waals surface area (Å²) in [6, 6.07) is 2.33. The van der Waals surface area contributed by atoms with Crippen LogP contribution in [-0.2, 0) is 0 Å². The number of aliphatic hydroxyl groups is 1. The average Bonchev–Trinajstić information content (AvgIpc) is 2.45. The van der Waals surface area contributed by atoms with E-state index in [-0.39, 0.29) is 12.2 Å².